The minimum absolute atomic E-state index is 0.594. The fourth-order valence-electron chi connectivity index (χ4n) is 2.33. The first-order valence-electron chi connectivity index (χ1n) is 6.63. The highest BCUT2D eigenvalue weighted by Crippen LogP contribution is 2.33. The molecule has 0 amide bonds. The van der Waals surface area contributed by atoms with Crippen molar-refractivity contribution in [3.63, 3.8) is 0 Å². The number of hydrogen-bond donors (Lipinski definition) is 1. The molecular formula is C15H18N4. The summed E-state index contributed by atoms with van der Waals surface area (Å²) < 4.78 is 0. The molecule has 3 rings (SSSR count). The average Bonchev–Trinajstić information content (AvgIpc) is 3.21. The van der Waals surface area contributed by atoms with Crippen LogP contribution in [0.5, 0.6) is 0 Å². The molecule has 1 aliphatic carbocycles. The second-order valence-corrected chi connectivity index (χ2v) is 5.07. The topological polar surface area (TPSA) is 55.0 Å². The minimum Gasteiger partial charge on any atom is -0.399 e. The van der Waals surface area contributed by atoms with Gasteiger partial charge in [0, 0.05) is 30.7 Å². The lowest BCUT2D eigenvalue weighted by Gasteiger charge is -2.24. The van der Waals surface area contributed by atoms with Gasteiger partial charge in [-0.05, 0) is 37.5 Å². The van der Waals surface area contributed by atoms with Crippen molar-refractivity contribution in [2.24, 2.45) is 0 Å². The minimum atomic E-state index is 0.594. The van der Waals surface area contributed by atoms with E-state index in [9.17, 15) is 0 Å². The third-order valence-electron chi connectivity index (χ3n) is 3.42. The first-order chi connectivity index (χ1) is 9.24. The zero-order valence-electron chi connectivity index (χ0n) is 11.1. The Bertz CT molecular complexity index is 578. The van der Waals surface area contributed by atoms with Gasteiger partial charge in [0.1, 0.15) is 0 Å². The summed E-state index contributed by atoms with van der Waals surface area (Å²) in [6.45, 7) is 2.85. The SMILES string of the molecule is Cc1nccnc1N(Cc1cccc(N)c1)C1CC1. The first-order valence-corrected chi connectivity index (χ1v) is 6.63. The molecule has 1 heterocycles. The predicted molar refractivity (Wildman–Crippen MR) is 76.8 cm³/mol. The van der Waals surface area contributed by atoms with Crippen LogP contribution >= 0.6 is 0 Å². The largest absolute Gasteiger partial charge is 0.399 e. The molecule has 0 spiro atoms. The normalized spacial score (nSPS) is 14.4. The number of nitrogen functional groups attached to an aromatic ring is 1. The van der Waals surface area contributed by atoms with E-state index in [2.05, 4.69) is 20.9 Å². The second-order valence-electron chi connectivity index (χ2n) is 5.07. The van der Waals surface area contributed by atoms with Crippen molar-refractivity contribution in [1.82, 2.24) is 9.97 Å². The van der Waals surface area contributed by atoms with Gasteiger partial charge in [0.05, 0.1) is 5.69 Å². The van der Waals surface area contributed by atoms with Crippen molar-refractivity contribution < 1.29 is 0 Å². The van der Waals surface area contributed by atoms with Crippen molar-refractivity contribution in [2.45, 2.75) is 32.4 Å². The van der Waals surface area contributed by atoms with Gasteiger partial charge in [0.2, 0.25) is 0 Å². The van der Waals surface area contributed by atoms with Gasteiger partial charge in [-0.15, -0.1) is 0 Å². The van der Waals surface area contributed by atoms with Gasteiger partial charge in [-0.3, -0.25) is 4.98 Å². The standard InChI is InChI=1S/C15H18N4/c1-11-15(18-8-7-17-11)19(14-5-6-14)10-12-3-2-4-13(16)9-12/h2-4,7-9,14H,5-6,10,16H2,1H3. The Morgan fingerprint density at radius 3 is 2.74 bits per heavy atom. The lowest BCUT2D eigenvalue weighted by Crippen LogP contribution is -2.27. The molecule has 0 unspecified atom stereocenters. The van der Waals surface area contributed by atoms with Gasteiger partial charge in [-0.1, -0.05) is 12.1 Å². The van der Waals surface area contributed by atoms with E-state index in [0.717, 1.165) is 23.7 Å². The van der Waals surface area contributed by atoms with Gasteiger partial charge in [-0.25, -0.2) is 4.98 Å². The number of nitrogens with zero attached hydrogens (tertiary/aromatic N) is 3. The van der Waals surface area contributed by atoms with Crippen LogP contribution in [0, 0.1) is 6.92 Å². The molecule has 4 nitrogen and oxygen atoms in total. The molecule has 2 N–H and O–H groups in total. The van der Waals surface area contributed by atoms with Crippen LogP contribution in [0.15, 0.2) is 36.7 Å². The van der Waals surface area contributed by atoms with Crippen molar-refractivity contribution >= 4 is 11.5 Å². The van der Waals surface area contributed by atoms with Crippen LogP contribution in [0.3, 0.4) is 0 Å². The summed E-state index contributed by atoms with van der Waals surface area (Å²) in [5.41, 5.74) is 8.86. The number of aryl methyl sites for hydroxylation is 1. The monoisotopic (exact) mass is 254 g/mol. The van der Waals surface area contributed by atoms with E-state index in [-0.39, 0.29) is 0 Å². The van der Waals surface area contributed by atoms with Crippen LogP contribution in [0.2, 0.25) is 0 Å². The molecule has 1 aromatic heterocycles. The summed E-state index contributed by atoms with van der Waals surface area (Å²) in [5.74, 6) is 0.993. The first kappa shape index (κ1) is 12.0. The maximum Gasteiger partial charge on any atom is 0.150 e. The third kappa shape index (κ3) is 2.67. The van der Waals surface area contributed by atoms with Gasteiger partial charge in [0.15, 0.2) is 5.82 Å². The second kappa shape index (κ2) is 4.88. The Morgan fingerprint density at radius 2 is 2.05 bits per heavy atom. The molecular weight excluding hydrogens is 236 g/mol. The van der Waals surface area contributed by atoms with Crippen LogP contribution in [0.4, 0.5) is 11.5 Å². The Labute approximate surface area is 113 Å². The quantitative estimate of drug-likeness (QED) is 0.852. The Hall–Kier alpha value is -2.10. The molecule has 4 heteroatoms. The Balaban J connectivity index is 1.88. The number of rotatable bonds is 4. The van der Waals surface area contributed by atoms with E-state index < -0.39 is 0 Å². The highest BCUT2D eigenvalue weighted by Gasteiger charge is 2.31. The molecule has 1 saturated carbocycles. The molecule has 98 valence electrons. The lowest BCUT2D eigenvalue weighted by atomic mass is 10.2. The van der Waals surface area contributed by atoms with E-state index in [4.69, 9.17) is 5.73 Å². The lowest BCUT2D eigenvalue weighted by molar-refractivity contribution is 0.768. The van der Waals surface area contributed by atoms with E-state index in [0.29, 0.717) is 6.04 Å². The maximum absolute atomic E-state index is 5.85. The van der Waals surface area contributed by atoms with Gasteiger partial charge < -0.3 is 10.6 Å². The molecule has 2 aromatic rings. The van der Waals surface area contributed by atoms with Crippen LogP contribution in [-0.2, 0) is 6.54 Å². The van der Waals surface area contributed by atoms with E-state index in [1.54, 1.807) is 12.4 Å². The summed E-state index contributed by atoms with van der Waals surface area (Å²) in [6, 6.07) is 8.65. The van der Waals surface area contributed by atoms with Crippen molar-refractivity contribution in [3.05, 3.63) is 47.9 Å². The number of nitrogens with two attached hydrogens (primary N) is 1. The highest BCUT2D eigenvalue weighted by molar-refractivity contribution is 5.48. The highest BCUT2D eigenvalue weighted by atomic mass is 15.2. The third-order valence-corrected chi connectivity index (χ3v) is 3.42. The summed E-state index contributed by atoms with van der Waals surface area (Å²) in [4.78, 5) is 11.2. The van der Waals surface area contributed by atoms with Crippen LogP contribution in [0.25, 0.3) is 0 Å². The summed E-state index contributed by atoms with van der Waals surface area (Å²) in [7, 11) is 0. The van der Waals surface area contributed by atoms with Gasteiger partial charge >= 0.3 is 0 Å². The number of hydrogen-bond acceptors (Lipinski definition) is 4. The summed E-state index contributed by atoms with van der Waals surface area (Å²) in [5, 5.41) is 0. The van der Waals surface area contributed by atoms with Crippen molar-refractivity contribution in [1.29, 1.82) is 0 Å². The Morgan fingerprint density at radius 1 is 1.26 bits per heavy atom. The molecule has 0 atom stereocenters. The molecule has 0 radical (unpaired) electrons. The molecule has 0 saturated heterocycles. The Kier molecular flexibility index (Phi) is 3.07. The zero-order valence-corrected chi connectivity index (χ0v) is 11.1. The van der Waals surface area contributed by atoms with E-state index in [1.165, 1.54) is 18.4 Å². The molecule has 1 aromatic carbocycles. The number of aromatic nitrogens is 2. The molecule has 0 bridgehead atoms. The van der Waals surface area contributed by atoms with E-state index >= 15 is 0 Å². The molecule has 0 aliphatic heterocycles. The molecule has 1 fully saturated rings. The number of anilines is 2. The van der Waals surface area contributed by atoms with E-state index in [1.807, 2.05) is 25.1 Å². The number of benzene rings is 1. The van der Waals surface area contributed by atoms with Gasteiger partial charge in [0.25, 0.3) is 0 Å². The zero-order chi connectivity index (χ0) is 13.2. The fraction of sp³-hybridized carbons (Fsp3) is 0.333. The van der Waals surface area contributed by atoms with Gasteiger partial charge in [-0.2, -0.15) is 0 Å². The van der Waals surface area contributed by atoms with Crippen LogP contribution < -0.4 is 10.6 Å². The predicted octanol–water partition coefficient (Wildman–Crippen LogP) is 2.54. The smallest absolute Gasteiger partial charge is 0.150 e. The summed E-state index contributed by atoms with van der Waals surface area (Å²) in [6.07, 6.45) is 5.97. The van der Waals surface area contributed by atoms with Crippen LogP contribution in [0.1, 0.15) is 24.1 Å². The fourth-order valence-corrected chi connectivity index (χ4v) is 2.33. The van der Waals surface area contributed by atoms with Crippen LogP contribution in [-0.4, -0.2) is 16.0 Å². The van der Waals surface area contributed by atoms with Crippen molar-refractivity contribution in [2.75, 3.05) is 10.6 Å². The molecule has 1 aliphatic rings. The maximum atomic E-state index is 5.85. The average molecular weight is 254 g/mol. The molecule has 19 heavy (non-hydrogen) atoms. The van der Waals surface area contributed by atoms with Crippen molar-refractivity contribution in [3.8, 4) is 0 Å². The summed E-state index contributed by atoms with van der Waals surface area (Å²) >= 11 is 0.